The molecule has 0 aromatic heterocycles. The van der Waals surface area contributed by atoms with Crippen molar-refractivity contribution in [2.45, 2.75) is 154 Å². The van der Waals surface area contributed by atoms with Gasteiger partial charge in [0.25, 0.3) is 0 Å². The van der Waals surface area contributed by atoms with Gasteiger partial charge in [-0.1, -0.05) is 72.0 Å². The van der Waals surface area contributed by atoms with Gasteiger partial charge < -0.3 is 35.5 Å². The van der Waals surface area contributed by atoms with E-state index in [1.165, 1.54) is 51.4 Å². The number of rotatable bonds is 20. The molecule has 3 saturated carbocycles. The first kappa shape index (κ1) is 42.6. The first-order valence-electron chi connectivity index (χ1n) is 22.2. The third-order valence-corrected chi connectivity index (χ3v) is 16.6. The van der Waals surface area contributed by atoms with E-state index in [0.717, 1.165) is 79.8 Å². The number of hydrogen-bond donors (Lipinski definition) is 4. The molecule has 11 heteroatoms. The van der Waals surface area contributed by atoms with Gasteiger partial charge in [0.1, 0.15) is 6.10 Å². The van der Waals surface area contributed by atoms with Crippen LogP contribution in [0.25, 0.3) is 0 Å². The molecular weight excluding hydrogens is 713 g/mol. The molecule has 6 rings (SSSR count). The number of carbonyl (C=O) groups is 3. The van der Waals surface area contributed by atoms with Gasteiger partial charge in [0.15, 0.2) is 0 Å². The summed E-state index contributed by atoms with van der Waals surface area (Å²) in [6, 6.07) is 0.412. The van der Waals surface area contributed by atoms with Crippen LogP contribution in [0.5, 0.6) is 0 Å². The smallest absolute Gasteiger partial charge is 0.407 e. The third kappa shape index (κ3) is 10.6. The number of ether oxygens (including phenoxy) is 3. The number of fused-ring (bicyclic) bond motifs is 6. The average Bonchev–Trinajstić information content (AvgIpc) is 3.82. The summed E-state index contributed by atoms with van der Waals surface area (Å²) in [5, 5.41) is 12.2. The topological polar surface area (TPSA) is 127 Å². The van der Waals surface area contributed by atoms with Gasteiger partial charge in [-0.2, -0.15) is 11.8 Å². The second-order valence-corrected chi connectivity index (χ2v) is 20.2. The maximum Gasteiger partial charge on any atom is 0.407 e. The first-order chi connectivity index (χ1) is 26.5. The van der Waals surface area contributed by atoms with Crippen molar-refractivity contribution in [2.75, 3.05) is 45.3 Å². The molecule has 4 aliphatic carbocycles. The van der Waals surface area contributed by atoms with Gasteiger partial charge in [0.2, 0.25) is 5.91 Å². The maximum atomic E-state index is 12.7. The minimum Gasteiger partial charge on any atom is -0.446 e. The molecule has 0 aromatic carbocycles. The highest BCUT2D eigenvalue weighted by molar-refractivity contribution is 8.00. The van der Waals surface area contributed by atoms with Crippen molar-refractivity contribution in [2.24, 2.45) is 46.3 Å². The van der Waals surface area contributed by atoms with Crippen LogP contribution in [0, 0.1) is 46.3 Å². The first-order valence-corrected chi connectivity index (χ1v) is 23.3. The lowest BCUT2D eigenvalue weighted by atomic mass is 9.47. The zero-order valence-electron chi connectivity index (χ0n) is 34.8. The van der Waals surface area contributed by atoms with Crippen molar-refractivity contribution in [1.82, 2.24) is 21.3 Å². The number of amides is 4. The van der Waals surface area contributed by atoms with Crippen LogP contribution in [0.15, 0.2) is 11.6 Å². The van der Waals surface area contributed by atoms with Crippen LogP contribution in [-0.4, -0.2) is 86.7 Å². The Morgan fingerprint density at radius 1 is 0.909 bits per heavy atom. The number of nitrogens with one attached hydrogen (secondary N) is 4. The van der Waals surface area contributed by atoms with E-state index in [1.807, 2.05) is 11.8 Å². The van der Waals surface area contributed by atoms with Gasteiger partial charge in [-0.25, -0.2) is 9.59 Å². The number of hydrogen-bond acceptors (Lipinski definition) is 7. The van der Waals surface area contributed by atoms with Crippen molar-refractivity contribution < 1.29 is 28.6 Å². The van der Waals surface area contributed by atoms with Gasteiger partial charge in [0, 0.05) is 36.9 Å². The Balaban J connectivity index is 0.787. The van der Waals surface area contributed by atoms with Crippen LogP contribution in [0.4, 0.5) is 9.59 Å². The van der Waals surface area contributed by atoms with Crippen LogP contribution in [-0.2, 0) is 19.0 Å². The predicted octanol–water partition coefficient (Wildman–Crippen LogP) is 8.00. The maximum absolute atomic E-state index is 12.7. The zero-order valence-corrected chi connectivity index (χ0v) is 35.6. The van der Waals surface area contributed by atoms with E-state index in [2.05, 4.69) is 62.0 Å². The normalized spacial score (nSPS) is 35.5. The predicted molar refractivity (Wildman–Crippen MR) is 220 cm³/mol. The lowest BCUT2D eigenvalue weighted by molar-refractivity contribution is -0.121. The molecule has 10 nitrogen and oxygen atoms in total. The van der Waals surface area contributed by atoms with E-state index in [0.29, 0.717) is 56.6 Å². The molecule has 0 aromatic rings. The van der Waals surface area contributed by atoms with E-state index >= 15 is 0 Å². The van der Waals surface area contributed by atoms with Gasteiger partial charge in [-0.05, 0) is 104 Å². The average molecular weight is 787 g/mol. The number of thioether (sulfide) groups is 1. The zero-order chi connectivity index (χ0) is 39.0. The second-order valence-electron chi connectivity index (χ2n) is 18.9. The molecule has 2 aliphatic heterocycles. The molecule has 5 fully saturated rings. The van der Waals surface area contributed by atoms with E-state index in [9.17, 15) is 14.4 Å². The fraction of sp³-hybridized carbons (Fsp3) is 0.886. The summed E-state index contributed by atoms with van der Waals surface area (Å²) in [5.74, 6) is 5.98. The molecule has 2 saturated heterocycles. The third-order valence-electron chi connectivity index (χ3n) is 15.1. The molecule has 0 unspecified atom stereocenters. The van der Waals surface area contributed by atoms with Crippen molar-refractivity contribution in [3.8, 4) is 0 Å². The standard InChI is InChI=1S/C44H74N4O6S/c1-29(2)9-8-10-30(3)34-15-16-35-33-14-13-31-27-32(17-19-43(31,4)36(33)18-20-44(34,35)5)54-42(51)46-22-24-53-26-25-52-23-21-45-39(49)12-7-6-11-38-40-37(28-55-38)47-41(50)48-40/h13,29-30,32-38,40H,6-12,14-28H2,1-5H3,(H,45,49)(H,46,51)(H2,47,48,50)/t30-,32+,33+,34-,35+,36+,37+,38+,40+,43+,44-/m1/s1. The van der Waals surface area contributed by atoms with E-state index in [4.69, 9.17) is 14.2 Å². The Morgan fingerprint density at radius 2 is 1.69 bits per heavy atom. The molecule has 312 valence electrons. The fourth-order valence-electron chi connectivity index (χ4n) is 12.1. The van der Waals surface area contributed by atoms with Gasteiger partial charge >= 0.3 is 12.1 Å². The van der Waals surface area contributed by atoms with Crippen LogP contribution < -0.4 is 21.3 Å². The van der Waals surface area contributed by atoms with Crippen molar-refractivity contribution in [3.63, 3.8) is 0 Å². The summed E-state index contributed by atoms with van der Waals surface area (Å²) in [4.78, 5) is 36.4. The molecule has 55 heavy (non-hydrogen) atoms. The monoisotopic (exact) mass is 787 g/mol. The molecule has 4 N–H and O–H groups in total. The lowest BCUT2D eigenvalue weighted by Gasteiger charge is -2.58. The summed E-state index contributed by atoms with van der Waals surface area (Å²) >= 11 is 1.91. The summed E-state index contributed by atoms with van der Waals surface area (Å²) in [7, 11) is 0. The van der Waals surface area contributed by atoms with Gasteiger partial charge in [0.05, 0.1) is 38.5 Å². The number of allylic oxidation sites excluding steroid dienone is 1. The van der Waals surface area contributed by atoms with Crippen LogP contribution in [0.2, 0.25) is 0 Å². The molecule has 11 atom stereocenters. The Morgan fingerprint density at radius 3 is 2.47 bits per heavy atom. The van der Waals surface area contributed by atoms with Crippen LogP contribution >= 0.6 is 11.8 Å². The molecular formula is C44H74N4O6S. The SMILES string of the molecule is CC(C)CCC[C@@H](C)[C@H]1CC[C@H]2[C@@H]3CC=C4C[C@@H](OC(=O)NCCOCCOCCNC(=O)CCCC[C@@H]5SC[C@@H]6NC(=O)N[C@@H]65)CC[C@]4(C)[C@H]3CC[C@]12C. The van der Waals surface area contributed by atoms with Gasteiger partial charge in [-0.3, -0.25) is 4.79 Å². The number of alkyl carbamates (subject to hydrolysis) is 1. The Hall–Kier alpha value is -1.98. The van der Waals surface area contributed by atoms with E-state index < -0.39 is 0 Å². The largest absolute Gasteiger partial charge is 0.446 e. The molecule has 4 amide bonds. The summed E-state index contributed by atoms with van der Waals surface area (Å²) in [5.41, 5.74) is 2.30. The Bertz CT molecular complexity index is 1330. The highest BCUT2D eigenvalue weighted by atomic mass is 32.2. The fourth-order valence-corrected chi connectivity index (χ4v) is 13.7. The highest BCUT2D eigenvalue weighted by Crippen LogP contribution is 2.67. The highest BCUT2D eigenvalue weighted by Gasteiger charge is 2.59. The summed E-state index contributed by atoms with van der Waals surface area (Å²) in [6.45, 7) is 15.1. The van der Waals surface area contributed by atoms with Crippen LogP contribution in [0.3, 0.4) is 0 Å². The van der Waals surface area contributed by atoms with E-state index in [-0.39, 0.29) is 41.6 Å². The Labute approximate surface area is 336 Å². The lowest BCUT2D eigenvalue weighted by Crippen LogP contribution is -2.51. The number of unbranched alkanes of at least 4 members (excludes halogenated alkanes) is 1. The van der Waals surface area contributed by atoms with Crippen molar-refractivity contribution >= 4 is 29.8 Å². The summed E-state index contributed by atoms with van der Waals surface area (Å²) in [6.07, 6.45) is 19.4. The minimum atomic E-state index is -0.350. The molecule has 0 bridgehead atoms. The minimum absolute atomic E-state index is 0.0449. The molecule has 0 spiro atoms. The number of carbonyl (C=O) groups excluding carboxylic acids is 3. The number of urea groups is 1. The van der Waals surface area contributed by atoms with Crippen molar-refractivity contribution in [1.29, 1.82) is 0 Å². The van der Waals surface area contributed by atoms with Crippen LogP contribution in [0.1, 0.15) is 131 Å². The van der Waals surface area contributed by atoms with Gasteiger partial charge in [-0.15, -0.1) is 0 Å². The second kappa shape index (κ2) is 19.6. The van der Waals surface area contributed by atoms with E-state index in [1.54, 1.807) is 5.57 Å². The Kier molecular flexibility index (Phi) is 15.2. The molecule has 2 heterocycles. The molecule has 0 radical (unpaired) electrons. The summed E-state index contributed by atoms with van der Waals surface area (Å²) < 4.78 is 17.2. The molecule has 6 aliphatic rings. The quantitative estimate of drug-likeness (QED) is 0.0560. The van der Waals surface area contributed by atoms with Crippen molar-refractivity contribution in [3.05, 3.63) is 11.6 Å².